The highest BCUT2D eigenvalue weighted by Crippen LogP contribution is 2.31. The predicted molar refractivity (Wildman–Crippen MR) is 81.4 cm³/mol. The van der Waals surface area contributed by atoms with Crippen LogP contribution < -0.4 is 5.32 Å². The van der Waals surface area contributed by atoms with Gasteiger partial charge in [0.2, 0.25) is 5.95 Å². The predicted octanol–water partition coefficient (Wildman–Crippen LogP) is 3.59. The first-order chi connectivity index (χ1) is 9.76. The second kappa shape index (κ2) is 5.68. The number of nitrogens with one attached hydrogen (secondary N) is 2. The van der Waals surface area contributed by atoms with E-state index >= 15 is 0 Å². The Kier molecular flexibility index (Phi) is 3.75. The van der Waals surface area contributed by atoms with E-state index in [1.165, 1.54) is 11.8 Å². The maximum absolute atomic E-state index is 6.13. The lowest BCUT2D eigenvalue weighted by molar-refractivity contribution is 1.00. The van der Waals surface area contributed by atoms with Crippen LogP contribution in [-0.2, 0) is 0 Å². The van der Waals surface area contributed by atoms with E-state index in [9.17, 15) is 0 Å². The number of para-hydroxylation sites is 2. The first-order valence-corrected chi connectivity index (χ1v) is 7.34. The van der Waals surface area contributed by atoms with Gasteiger partial charge in [-0.3, -0.25) is 0 Å². The molecular weight excluding hydrogens is 294 g/mol. The molecule has 2 N–H and O–H groups in total. The Morgan fingerprint density at radius 3 is 2.95 bits per heavy atom. The first-order valence-electron chi connectivity index (χ1n) is 6.15. The van der Waals surface area contributed by atoms with Gasteiger partial charge in [0.15, 0.2) is 5.16 Å². The van der Waals surface area contributed by atoms with Gasteiger partial charge < -0.3 is 10.3 Å². The standard InChI is InChI=1S/C13H12ClN5S/c1-2-15-12-16-7-8(14)11(19-12)20-13-17-9-5-3-4-6-10(9)18-13/h3-7H,2H2,1H3,(H,17,18)(H,15,16,19). The Labute approximate surface area is 125 Å². The number of hydrogen-bond donors (Lipinski definition) is 2. The summed E-state index contributed by atoms with van der Waals surface area (Å²) in [5.41, 5.74) is 1.92. The largest absolute Gasteiger partial charge is 0.354 e. The van der Waals surface area contributed by atoms with E-state index in [0.717, 1.165) is 22.7 Å². The van der Waals surface area contributed by atoms with Gasteiger partial charge in [-0.05, 0) is 30.8 Å². The first kappa shape index (κ1) is 13.2. The van der Waals surface area contributed by atoms with E-state index in [-0.39, 0.29) is 0 Å². The number of aromatic amines is 1. The fourth-order valence-corrected chi connectivity index (χ4v) is 2.71. The lowest BCUT2D eigenvalue weighted by Crippen LogP contribution is -2.02. The molecule has 2 aromatic heterocycles. The molecule has 2 heterocycles. The molecule has 7 heteroatoms. The van der Waals surface area contributed by atoms with Gasteiger partial charge >= 0.3 is 0 Å². The van der Waals surface area contributed by atoms with E-state index in [4.69, 9.17) is 11.6 Å². The zero-order valence-corrected chi connectivity index (χ0v) is 12.3. The number of H-pyrrole nitrogens is 1. The third kappa shape index (κ3) is 2.71. The maximum atomic E-state index is 6.13. The van der Waals surface area contributed by atoms with Gasteiger partial charge in [0.1, 0.15) is 5.03 Å². The quantitative estimate of drug-likeness (QED) is 0.721. The summed E-state index contributed by atoms with van der Waals surface area (Å²) < 4.78 is 0. The Morgan fingerprint density at radius 1 is 1.30 bits per heavy atom. The molecule has 0 amide bonds. The molecule has 20 heavy (non-hydrogen) atoms. The van der Waals surface area contributed by atoms with Crippen molar-refractivity contribution in [1.29, 1.82) is 0 Å². The number of hydrogen-bond acceptors (Lipinski definition) is 5. The Hall–Kier alpha value is -1.79. The fourth-order valence-electron chi connectivity index (χ4n) is 1.74. The van der Waals surface area contributed by atoms with E-state index in [0.29, 0.717) is 16.0 Å². The van der Waals surface area contributed by atoms with Gasteiger partial charge in [-0.25, -0.2) is 15.0 Å². The van der Waals surface area contributed by atoms with Crippen LogP contribution in [0.5, 0.6) is 0 Å². The third-order valence-electron chi connectivity index (χ3n) is 2.61. The molecule has 0 atom stereocenters. The molecule has 0 aliphatic carbocycles. The van der Waals surface area contributed by atoms with Crippen molar-refractivity contribution in [2.75, 3.05) is 11.9 Å². The number of anilines is 1. The molecule has 1 aromatic carbocycles. The monoisotopic (exact) mass is 305 g/mol. The molecule has 102 valence electrons. The second-order valence-electron chi connectivity index (χ2n) is 4.04. The Balaban J connectivity index is 1.91. The molecule has 0 bridgehead atoms. The van der Waals surface area contributed by atoms with Gasteiger partial charge in [-0.1, -0.05) is 23.7 Å². The van der Waals surface area contributed by atoms with Crippen molar-refractivity contribution in [3.05, 3.63) is 35.5 Å². The number of benzene rings is 1. The highest BCUT2D eigenvalue weighted by Gasteiger charge is 2.10. The van der Waals surface area contributed by atoms with Crippen LogP contribution in [0, 0.1) is 0 Å². The molecule has 0 aliphatic rings. The third-order valence-corrected chi connectivity index (χ3v) is 3.89. The van der Waals surface area contributed by atoms with Crippen LogP contribution in [0.3, 0.4) is 0 Å². The zero-order valence-electron chi connectivity index (χ0n) is 10.7. The number of rotatable bonds is 4. The van der Waals surface area contributed by atoms with Crippen molar-refractivity contribution in [3.8, 4) is 0 Å². The van der Waals surface area contributed by atoms with E-state index in [1.54, 1.807) is 6.20 Å². The van der Waals surface area contributed by atoms with Crippen LogP contribution in [0.2, 0.25) is 5.02 Å². The smallest absolute Gasteiger partial charge is 0.223 e. The summed E-state index contributed by atoms with van der Waals surface area (Å²) in [6.07, 6.45) is 1.59. The van der Waals surface area contributed by atoms with Crippen molar-refractivity contribution in [3.63, 3.8) is 0 Å². The van der Waals surface area contributed by atoms with Crippen LogP contribution in [0.4, 0.5) is 5.95 Å². The lowest BCUT2D eigenvalue weighted by Gasteiger charge is -2.04. The van der Waals surface area contributed by atoms with E-state index < -0.39 is 0 Å². The van der Waals surface area contributed by atoms with Gasteiger partial charge in [-0.2, -0.15) is 0 Å². The van der Waals surface area contributed by atoms with Crippen LogP contribution in [-0.4, -0.2) is 26.5 Å². The minimum absolute atomic E-state index is 0.511. The maximum Gasteiger partial charge on any atom is 0.223 e. The van der Waals surface area contributed by atoms with Crippen molar-refractivity contribution in [2.45, 2.75) is 17.1 Å². The summed E-state index contributed by atoms with van der Waals surface area (Å²) in [5, 5.41) is 5.01. The summed E-state index contributed by atoms with van der Waals surface area (Å²) in [6, 6.07) is 7.87. The van der Waals surface area contributed by atoms with E-state index in [2.05, 4.69) is 25.3 Å². The molecule has 3 rings (SSSR count). The number of halogens is 1. The Morgan fingerprint density at radius 2 is 2.15 bits per heavy atom. The minimum Gasteiger partial charge on any atom is -0.354 e. The van der Waals surface area contributed by atoms with Crippen molar-refractivity contribution < 1.29 is 0 Å². The number of imidazole rings is 1. The summed E-state index contributed by atoms with van der Waals surface area (Å²) in [4.78, 5) is 16.2. The topological polar surface area (TPSA) is 66.5 Å². The van der Waals surface area contributed by atoms with Crippen LogP contribution >= 0.6 is 23.4 Å². The number of nitrogens with zero attached hydrogens (tertiary/aromatic N) is 3. The van der Waals surface area contributed by atoms with Crippen molar-refractivity contribution >= 4 is 40.3 Å². The van der Waals surface area contributed by atoms with Crippen molar-refractivity contribution in [2.24, 2.45) is 0 Å². The van der Waals surface area contributed by atoms with Gasteiger partial charge in [0, 0.05) is 6.54 Å². The molecule has 0 saturated heterocycles. The Bertz CT molecular complexity index is 709. The summed E-state index contributed by atoms with van der Waals surface area (Å²) in [7, 11) is 0. The number of aromatic nitrogens is 4. The van der Waals surface area contributed by atoms with Gasteiger partial charge in [0.25, 0.3) is 0 Å². The highest BCUT2D eigenvalue weighted by atomic mass is 35.5. The molecule has 5 nitrogen and oxygen atoms in total. The normalized spacial score (nSPS) is 10.9. The van der Waals surface area contributed by atoms with Gasteiger partial charge in [0.05, 0.1) is 22.3 Å². The average molecular weight is 306 g/mol. The average Bonchev–Trinajstić information content (AvgIpc) is 2.85. The molecular formula is C13H12ClN5S. The van der Waals surface area contributed by atoms with Crippen LogP contribution in [0.15, 0.2) is 40.6 Å². The molecule has 0 saturated carbocycles. The minimum atomic E-state index is 0.511. The van der Waals surface area contributed by atoms with Crippen LogP contribution in [0.25, 0.3) is 11.0 Å². The SMILES string of the molecule is CCNc1ncc(Cl)c(Sc2nc3ccccc3[nH]2)n1. The summed E-state index contributed by atoms with van der Waals surface area (Å²) in [6.45, 7) is 2.75. The molecule has 0 aliphatic heterocycles. The van der Waals surface area contributed by atoms with Crippen LogP contribution in [0.1, 0.15) is 6.92 Å². The molecule has 0 spiro atoms. The van der Waals surface area contributed by atoms with E-state index in [1.807, 2.05) is 31.2 Å². The molecule has 0 radical (unpaired) electrons. The summed E-state index contributed by atoms with van der Waals surface area (Å²) >= 11 is 7.52. The van der Waals surface area contributed by atoms with Gasteiger partial charge in [-0.15, -0.1) is 0 Å². The fraction of sp³-hybridized carbons (Fsp3) is 0.154. The lowest BCUT2D eigenvalue weighted by atomic mass is 10.3. The van der Waals surface area contributed by atoms with Crippen molar-refractivity contribution in [1.82, 2.24) is 19.9 Å². The highest BCUT2D eigenvalue weighted by molar-refractivity contribution is 7.99. The molecule has 3 aromatic rings. The summed E-state index contributed by atoms with van der Waals surface area (Å²) in [5.74, 6) is 0.565. The zero-order chi connectivity index (χ0) is 13.9. The number of fused-ring (bicyclic) bond motifs is 1. The second-order valence-corrected chi connectivity index (χ2v) is 5.42. The molecule has 0 fully saturated rings. The molecule has 0 unspecified atom stereocenters.